The van der Waals surface area contributed by atoms with Crippen molar-refractivity contribution < 1.29 is 13.2 Å². The summed E-state index contributed by atoms with van der Waals surface area (Å²) in [6.45, 7) is 7.38. The topological polar surface area (TPSA) is 75.3 Å². The highest BCUT2D eigenvalue weighted by molar-refractivity contribution is 7.89. The first-order valence-corrected chi connectivity index (χ1v) is 9.18. The lowest BCUT2D eigenvalue weighted by molar-refractivity contribution is 0.102. The standard InChI is InChI=1S/C18H22N2O3S/c1-12(2)20-24(22,23)16-7-5-6-15(11-16)18(21)19-17-9-8-13(3)10-14(17)4/h5-12,20H,1-4H3,(H,19,21). The van der Waals surface area contributed by atoms with E-state index in [4.69, 9.17) is 0 Å². The van der Waals surface area contributed by atoms with E-state index in [9.17, 15) is 13.2 Å². The van der Waals surface area contributed by atoms with E-state index in [0.29, 0.717) is 11.3 Å². The molecule has 0 spiro atoms. The molecule has 2 aromatic carbocycles. The summed E-state index contributed by atoms with van der Waals surface area (Å²) in [4.78, 5) is 12.5. The van der Waals surface area contributed by atoms with Crippen molar-refractivity contribution in [3.05, 3.63) is 59.2 Å². The number of sulfonamides is 1. The number of benzene rings is 2. The number of aryl methyl sites for hydroxylation is 2. The second kappa shape index (κ2) is 7.15. The Morgan fingerprint density at radius 3 is 2.38 bits per heavy atom. The third-order valence-corrected chi connectivity index (χ3v) is 5.08. The van der Waals surface area contributed by atoms with Crippen LogP contribution in [0.1, 0.15) is 35.3 Å². The Morgan fingerprint density at radius 2 is 1.75 bits per heavy atom. The quantitative estimate of drug-likeness (QED) is 0.873. The Hall–Kier alpha value is -2.18. The minimum Gasteiger partial charge on any atom is -0.322 e. The van der Waals surface area contributed by atoms with Crippen LogP contribution in [-0.4, -0.2) is 20.4 Å². The van der Waals surface area contributed by atoms with Crippen LogP contribution in [0.2, 0.25) is 0 Å². The predicted molar refractivity (Wildman–Crippen MR) is 95.8 cm³/mol. The molecule has 0 radical (unpaired) electrons. The van der Waals surface area contributed by atoms with E-state index in [0.717, 1.165) is 11.1 Å². The molecular weight excluding hydrogens is 324 g/mol. The van der Waals surface area contributed by atoms with E-state index < -0.39 is 10.0 Å². The summed E-state index contributed by atoms with van der Waals surface area (Å²) < 4.78 is 27.0. The van der Waals surface area contributed by atoms with Gasteiger partial charge in [-0.05, 0) is 57.5 Å². The van der Waals surface area contributed by atoms with E-state index in [1.807, 2.05) is 32.0 Å². The monoisotopic (exact) mass is 346 g/mol. The number of anilines is 1. The van der Waals surface area contributed by atoms with Crippen LogP contribution in [0, 0.1) is 13.8 Å². The van der Waals surface area contributed by atoms with E-state index in [1.165, 1.54) is 12.1 Å². The predicted octanol–water partition coefficient (Wildman–Crippen LogP) is 3.24. The second-order valence-corrected chi connectivity index (χ2v) is 7.79. The zero-order chi connectivity index (χ0) is 17.9. The number of amides is 1. The summed E-state index contributed by atoms with van der Waals surface area (Å²) in [5.74, 6) is -0.344. The fraction of sp³-hybridized carbons (Fsp3) is 0.278. The first kappa shape index (κ1) is 18.2. The highest BCUT2D eigenvalue weighted by Gasteiger charge is 2.17. The van der Waals surface area contributed by atoms with Gasteiger partial charge in [-0.3, -0.25) is 4.79 Å². The van der Waals surface area contributed by atoms with E-state index in [1.54, 1.807) is 26.0 Å². The average Bonchev–Trinajstić information content (AvgIpc) is 2.49. The average molecular weight is 346 g/mol. The van der Waals surface area contributed by atoms with Crippen molar-refractivity contribution >= 4 is 21.6 Å². The van der Waals surface area contributed by atoms with E-state index in [2.05, 4.69) is 10.0 Å². The lowest BCUT2D eigenvalue weighted by Crippen LogP contribution is -2.30. The highest BCUT2D eigenvalue weighted by Crippen LogP contribution is 2.18. The Bertz CT molecular complexity index is 858. The Balaban J connectivity index is 2.26. The molecule has 0 bridgehead atoms. The molecule has 1 amide bonds. The van der Waals surface area contributed by atoms with E-state index >= 15 is 0 Å². The Labute approximate surface area is 143 Å². The largest absolute Gasteiger partial charge is 0.322 e. The van der Waals surface area contributed by atoms with Gasteiger partial charge in [0.1, 0.15) is 0 Å². The van der Waals surface area contributed by atoms with Crippen molar-refractivity contribution in [1.29, 1.82) is 0 Å². The summed E-state index contributed by atoms with van der Waals surface area (Å²) in [5, 5.41) is 2.82. The third-order valence-electron chi connectivity index (χ3n) is 3.43. The smallest absolute Gasteiger partial charge is 0.255 e. The molecule has 0 saturated carbocycles. The molecular formula is C18H22N2O3S. The van der Waals surface area contributed by atoms with Crippen LogP contribution in [-0.2, 0) is 10.0 Å². The van der Waals surface area contributed by atoms with Gasteiger partial charge < -0.3 is 5.32 Å². The maximum Gasteiger partial charge on any atom is 0.255 e. The molecule has 0 atom stereocenters. The summed E-state index contributed by atoms with van der Waals surface area (Å²) in [7, 11) is -3.63. The number of nitrogens with one attached hydrogen (secondary N) is 2. The van der Waals surface area contributed by atoms with Crippen molar-refractivity contribution in [2.75, 3.05) is 5.32 Å². The molecule has 0 unspecified atom stereocenters. The van der Waals surface area contributed by atoms with Gasteiger partial charge in [0.15, 0.2) is 0 Å². The van der Waals surface area contributed by atoms with Crippen LogP contribution in [0.3, 0.4) is 0 Å². The summed E-state index contributed by atoms with van der Waals surface area (Å²) in [6.07, 6.45) is 0. The molecule has 6 heteroatoms. The Morgan fingerprint density at radius 1 is 1.04 bits per heavy atom. The minimum absolute atomic E-state index is 0.0736. The molecule has 0 aliphatic rings. The zero-order valence-corrected chi connectivity index (χ0v) is 15.1. The number of carbonyl (C=O) groups is 1. The van der Waals surface area contributed by atoms with Crippen molar-refractivity contribution in [3.8, 4) is 0 Å². The van der Waals surface area contributed by atoms with Crippen LogP contribution in [0.4, 0.5) is 5.69 Å². The molecule has 2 aromatic rings. The van der Waals surface area contributed by atoms with Gasteiger partial charge in [-0.25, -0.2) is 13.1 Å². The lowest BCUT2D eigenvalue weighted by atomic mass is 10.1. The molecule has 5 nitrogen and oxygen atoms in total. The maximum atomic E-state index is 12.4. The molecule has 2 rings (SSSR count). The van der Waals surface area contributed by atoms with Crippen molar-refractivity contribution in [3.63, 3.8) is 0 Å². The van der Waals surface area contributed by atoms with Gasteiger partial charge in [0, 0.05) is 17.3 Å². The van der Waals surface area contributed by atoms with Gasteiger partial charge >= 0.3 is 0 Å². The number of hydrogen-bond donors (Lipinski definition) is 2. The molecule has 0 heterocycles. The molecule has 0 aliphatic heterocycles. The summed E-state index contributed by atoms with van der Waals surface area (Å²) >= 11 is 0. The molecule has 0 saturated heterocycles. The molecule has 24 heavy (non-hydrogen) atoms. The minimum atomic E-state index is -3.63. The van der Waals surface area contributed by atoms with Crippen LogP contribution >= 0.6 is 0 Å². The number of carbonyl (C=O) groups excluding carboxylic acids is 1. The summed E-state index contributed by atoms with van der Waals surface area (Å²) in [6, 6.07) is 11.5. The van der Waals surface area contributed by atoms with Gasteiger partial charge in [0.25, 0.3) is 5.91 Å². The van der Waals surface area contributed by atoms with Gasteiger partial charge in [0.05, 0.1) is 4.90 Å². The van der Waals surface area contributed by atoms with Crippen LogP contribution in [0.15, 0.2) is 47.4 Å². The number of hydrogen-bond acceptors (Lipinski definition) is 3. The summed E-state index contributed by atoms with van der Waals surface area (Å²) in [5.41, 5.74) is 3.06. The molecule has 2 N–H and O–H groups in total. The SMILES string of the molecule is Cc1ccc(NC(=O)c2cccc(S(=O)(=O)NC(C)C)c2)c(C)c1. The van der Waals surface area contributed by atoms with Gasteiger partial charge in [0.2, 0.25) is 10.0 Å². The van der Waals surface area contributed by atoms with Gasteiger partial charge in [-0.15, -0.1) is 0 Å². The van der Waals surface area contributed by atoms with Crippen molar-refractivity contribution in [2.24, 2.45) is 0 Å². The van der Waals surface area contributed by atoms with E-state index in [-0.39, 0.29) is 16.8 Å². The molecule has 128 valence electrons. The zero-order valence-electron chi connectivity index (χ0n) is 14.3. The normalized spacial score (nSPS) is 11.5. The maximum absolute atomic E-state index is 12.4. The van der Waals surface area contributed by atoms with Crippen LogP contribution in [0.25, 0.3) is 0 Å². The third kappa shape index (κ3) is 4.43. The van der Waals surface area contributed by atoms with Crippen molar-refractivity contribution in [2.45, 2.75) is 38.6 Å². The molecule has 0 aliphatic carbocycles. The fourth-order valence-corrected chi connectivity index (χ4v) is 3.63. The lowest BCUT2D eigenvalue weighted by Gasteiger charge is -2.12. The molecule has 0 aromatic heterocycles. The van der Waals surface area contributed by atoms with Gasteiger partial charge in [-0.1, -0.05) is 23.8 Å². The highest BCUT2D eigenvalue weighted by atomic mass is 32.2. The van der Waals surface area contributed by atoms with Gasteiger partial charge in [-0.2, -0.15) is 0 Å². The first-order valence-electron chi connectivity index (χ1n) is 7.70. The molecule has 0 fully saturated rings. The first-order chi connectivity index (χ1) is 11.2. The Kier molecular flexibility index (Phi) is 5.41. The van der Waals surface area contributed by atoms with Crippen molar-refractivity contribution in [1.82, 2.24) is 4.72 Å². The fourth-order valence-electron chi connectivity index (χ4n) is 2.33. The number of rotatable bonds is 5. The van der Waals surface area contributed by atoms with Crippen LogP contribution in [0.5, 0.6) is 0 Å². The van der Waals surface area contributed by atoms with Crippen LogP contribution < -0.4 is 10.0 Å². The second-order valence-electron chi connectivity index (χ2n) is 6.08.